The molecular formula is C16H18N2O3S. The Kier molecular flexibility index (Phi) is 3.64. The third kappa shape index (κ3) is 2.47. The van der Waals surface area contributed by atoms with Crippen LogP contribution in [-0.2, 0) is 9.84 Å². The molecule has 6 heteroatoms. The van der Waals surface area contributed by atoms with E-state index in [2.05, 4.69) is 4.98 Å². The Bertz CT molecular complexity index is 832. The molecule has 1 fully saturated rings. The topological polar surface area (TPSA) is 67.3 Å². The monoisotopic (exact) mass is 318 g/mol. The zero-order chi connectivity index (χ0) is 15.9. The van der Waals surface area contributed by atoms with Crippen LogP contribution in [0.5, 0.6) is 0 Å². The van der Waals surface area contributed by atoms with Gasteiger partial charge in [0.2, 0.25) is 0 Å². The van der Waals surface area contributed by atoms with Crippen LogP contribution in [0.4, 0.5) is 0 Å². The van der Waals surface area contributed by atoms with Gasteiger partial charge in [0, 0.05) is 18.0 Å². The van der Waals surface area contributed by atoms with E-state index in [0.29, 0.717) is 5.69 Å². The lowest BCUT2D eigenvalue weighted by molar-refractivity contribution is 0.0687. The lowest BCUT2D eigenvalue weighted by atomic mass is 10.1. The van der Waals surface area contributed by atoms with Crippen molar-refractivity contribution in [3.63, 3.8) is 0 Å². The van der Waals surface area contributed by atoms with Gasteiger partial charge in [-0.05, 0) is 26.0 Å². The molecule has 0 spiro atoms. The van der Waals surface area contributed by atoms with Gasteiger partial charge >= 0.3 is 0 Å². The molecule has 2 aromatic rings. The smallest absolute Gasteiger partial charge is 0.272 e. The van der Waals surface area contributed by atoms with Crippen LogP contribution in [-0.4, -0.2) is 47.8 Å². The number of aromatic nitrogens is 1. The summed E-state index contributed by atoms with van der Waals surface area (Å²) in [6.45, 7) is 3.66. The van der Waals surface area contributed by atoms with Crippen LogP contribution in [0.3, 0.4) is 0 Å². The van der Waals surface area contributed by atoms with Crippen molar-refractivity contribution in [1.82, 2.24) is 9.88 Å². The first-order chi connectivity index (χ1) is 10.4. The summed E-state index contributed by atoms with van der Waals surface area (Å²) < 4.78 is 23.8. The van der Waals surface area contributed by atoms with Gasteiger partial charge in [0.05, 0.1) is 16.5 Å². The van der Waals surface area contributed by atoms with Crippen molar-refractivity contribution in [2.45, 2.75) is 25.1 Å². The lowest BCUT2D eigenvalue weighted by Crippen LogP contribution is -2.54. The second-order valence-electron chi connectivity index (χ2n) is 5.70. The highest BCUT2D eigenvalue weighted by Gasteiger charge is 2.38. The minimum atomic E-state index is -3.11. The summed E-state index contributed by atoms with van der Waals surface area (Å²) in [6, 6.07) is 10.8. The third-order valence-corrected chi connectivity index (χ3v) is 6.71. The van der Waals surface area contributed by atoms with Crippen molar-refractivity contribution in [3.05, 3.63) is 42.1 Å². The van der Waals surface area contributed by atoms with E-state index >= 15 is 0 Å². The van der Waals surface area contributed by atoms with Gasteiger partial charge in [-0.3, -0.25) is 4.79 Å². The van der Waals surface area contributed by atoms with E-state index in [0.717, 1.165) is 10.9 Å². The molecule has 1 aromatic carbocycles. The fourth-order valence-corrected chi connectivity index (χ4v) is 4.36. The van der Waals surface area contributed by atoms with E-state index in [1.165, 1.54) is 0 Å². The molecule has 2 atom stereocenters. The number of nitrogens with zero attached hydrogens (tertiary/aromatic N) is 2. The summed E-state index contributed by atoms with van der Waals surface area (Å²) in [5.41, 5.74) is 1.12. The van der Waals surface area contributed by atoms with E-state index in [1.807, 2.05) is 30.3 Å². The van der Waals surface area contributed by atoms with Gasteiger partial charge in [0.25, 0.3) is 5.91 Å². The Morgan fingerprint density at radius 1 is 1.18 bits per heavy atom. The van der Waals surface area contributed by atoms with Crippen LogP contribution in [0, 0.1) is 0 Å². The molecule has 0 bridgehead atoms. The van der Waals surface area contributed by atoms with Crippen LogP contribution in [0.2, 0.25) is 0 Å². The highest BCUT2D eigenvalue weighted by Crippen LogP contribution is 2.22. The number of sulfone groups is 1. The molecule has 5 nitrogen and oxygen atoms in total. The largest absolute Gasteiger partial charge is 0.332 e. The van der Waals surface area contributed by atoms with Gasteiger partial charge in [-0.1, -0.05) is 24.3 Å². The fraction of sp³-hybridized carbons (Fsp3) is 0.375. The Balaban J connectivity index is 1.92. The predicted octanol–water partition coefficient (Wildman–Crippen LogP) is 1.88. The number of pyridine rings is 1. The van der Waals surface area contributed by atoms with Crippen molar-refractivity contribution in [2.75, 3.05) is 12.3 Å². The van der Waals surface area contributed by atoms with Crippen LogP contribution >= 0.6 is 0 Å². The van der Waals surface area contributed by atoms with Gasteiger partial charge in [0.1, 0.15) is 5.69 Å². The average molecular weight is 318 g/mol. The summed E-state index contributed by atoms with van der Waals surface area (Å²) >= 11 is 0. The first-order valence-corrected chi connectivity index (χ1v) is 9.00. The standard InChI is InChI=1S/C16H18N2O3S/c1-11-12(2)22(20,21)10-9-18(11)16(19)15-8-7-13-5-3-4-6-14(13)17-15/h3-8,11-12H,9-10H2,1-2H3/t11-,12-/m0/s1. The number of para-hydroxylation sites is 1. The summed E-state index contributed by atoms with van der Waals surface area (Å²) in [4.78, 5) is 18.7. The van der Waals surface area contributed by atoms with E-state index in [-0.39, 0.29) is 24.2 Å². The van der Waals surface area contributed by atoms with E-state index in [1.54, 1.807) is 24.8 Å². The number of hydrogen-bond acceptors (Lipinski definition) is 4. The van der Waals surface area contributed by atoms with Crippen LogP contribution < -0.4 is 0 Å². The molecule has 0 N–H and O–H groups in total. The summed E-state index contributed by atoms with van der Waals surface area (Å²) in [5, 5.41) is 0.423. The minimum Gasteiger partial charge on any atom is -0.332 e. The molecule has 3 rings (SSSR count). The first kappa shape index (κ1) is 15.0. The summed E-state index contributed by atoms with van der Waals surface area (Å²) in [5.74, 6) is -0.197. The molecule has 2 heterocycles. The second kappa shape index (κ2) is 5.35. The normalized spacial score (nSPS) is 24.4. The molecule has 1 aromatic heterocycles. The molecule has 1 aliphatic rings. The van der Waals surface area contributed by atoms with Crippen molar-refractivity contribution in [3.8, 4) is 0 Å². The first-order valence-electron chi connectivity index (χ1n) is 7.28. The number of benzene rings is 1. The molecule has 22 heavy (non-hydrogen) atoms. The molecule has 0 unspecified atom stereocenters. The number of rotatable bonds is 1. The van der Waals surface area contributed by atoms with Gasteiger partial charge in [-0.25, -0.2) is 13.4 Å². The highest BCUT2D eigenvalue weighted by molar-refractivity contribution is 7.92. The van der Waals surface area contributed by atoms with Crippen LogP contribution in [0.25, 0.3) is 10.9 Å². The maximum Gasteiger partial charge on any atom is 0.272 e. The van der Waals surface area contributed by atoms with Crippen LogP contribution in [0.1, 0.15) is 24.3 Å². The summed E-state index contributed by atoms with van der Waals surface area (Å²) in [6.07, 6.45) is 0. The van der Waals surface area contributed by atoms with Crippen molar-refractivity contribution in [1.29, 1.82) is 0 Å². The Morgan fingerprint density at radius 2 is 1.91 bits per heavy atom. The van der Waals surface area contributed by atoms with Gasteiger partial charge < -0.3 is 4.90 Å². The van der Waals surface area contributed by atoms with Crippen molar-refractivity contribution < 1.29 is 13.2 Å². The predicted molar refractivity (Wildman–Crippen MR) is 85.5 cm³/mol. The van der Waals surface area contributed by atoms with Gasteiger partial charge in [-0.15, -0.1) is 0 Å². The number of hydrogen-bond donors (Lipinski definition) is 0. The number of carbonyl (C=O) groups excluding carboxylic acids is 1. The molecule has 1 amide bonds. The zero-order valence-electron chi connectivity index (χ0n) is 12.6. The molecule has 0 aliphatic carbocycles. The van der Waals surface area contributed by atoms with E-state index in [9.17, 15) is 13.2 Å². The molecule has 0 saturated carbocycles. The summed E-state index contributed by atoms with van der Waals surface area (Å²) in [7, 11) is -3.11. The molecule has 1 saturated heterocycles. The fourth-order valence-electron chi connectivity index (χ4n) is 2.79. The molecular weight excluding hydrogens is 300 g/mol. The Labute approximate surface area is 129 Å². The maximum absolute atomic E-state index is 12.7. The Hall–Kier alpha value is -1.95. The SMILES string of the molecule is C[C@H]1[C@H](C)S(=O)(=O)CCN1C(=O)c1ccc2ccccc2n1. The quantitative estimate of drug-likeness (QED) is 0.805. The highest BCUT2D eigenvalue weighted by atomic mass is 32.2. The van der Waals surface area contributed by atoms with Crippen molar-refractivity contribution in [2.24, 2.45) is 0 Å². The third-order valence-electron chi connectivity index (χ3n) is 4.43. The molecule has 0 radical (unpaired) electrons. The van der Waals surface area contributed by atoms with Crippen molar-refractivity contribution >= 4 is 26.6 Å². The van der Waals surface area contributed by atoms with Gasteiger partial charge in [-0.2, -0.15) is 0 Å². The number of fused-ring (bicyclic) bond motifs is 1. The molecule has 1 aliphatic heterocycles. The van der Waals surface area contributed by atoms with Crippen LogP contribution in [0.15, 0.2) is 36.4 Å². The van der Waals surface area contributed by atoms with E-state index < -0.39 is 15.1 Å². The lowest BCUT2D eigenvalue weighted by Gasteiger charge is -2.37. The Morgan fingerprint density at radius 3 is 2.68 bits per heavy atom. The zero-order valence-corrected chi connectivity index (χ0v) is 13.4. The van der Waals surface area contributed by atoms with Gasteiger partial charge in [0.15, 0.2) is 9.84 Å². The maximum atomic E-state index is 12.7. The number of carbonyl (C=O) groups is 1. The number of amides is 1. The van der Waals surface area contributed by atoms with E-state index in [4.69, 9.17) is 0 Å². The average Bonchev–Trinajstić information content (AvgIpc) is 2.52. The minimum absolute atomic E-state index is 0.0117. The second-order valence-corrected chi connectivity index (χ2v) is 8.18. The molecule has 116 valence electrons.